The van der Waals surface area contributed by atoms with Gasteiger partial charge in [-0.1, -0.05) is 104 Å². The number of rotatable bonds is 12. The second-order valence-electron chi connectivity index (χ2n) is 17.4. The van der Waals surface area contributed by atoms with Crippen LogP contribution in [0.3, 0.4) is 0 Å². The highest BCUT2D eigenvalue weighted by Gasteiger charge is 2.40. The molecule has 4 rings (SSSR count). The molecule has 1 aliphatic heterocycles. The Labute approximate surface area is 298 Å². The average molecular weight is 683 g/mol. The Morgan fingerprint density at radius 1 is 0.760 bits per heavy atom. The van der Waals surface area contributed by atoms with Gasteiger partial charge in [-0.3, -0.25) is 14.6 Å². The van der Waals surface area contributed by atoms with Gasteiger partial charge < -0.3 is 20.5 Å². The van der Waals surface area contributed by atoms with Crippen LogP contribution in [0.1, 0.15) is 113 Å². The fraction of sp³-hybridized carbons (Fsp3) is 0.524. The summed E-state index contributed by atoms with van der Waals surface area (Å²) in [6, 6.07) is 16.5. The Hall–Kier alpha value is -3.88. The van der Waals surface area contributed by atoms with E-state index in [1.165, 1.54) is 0 Å². The molecular formula is C42H58N4O4. The number of Topliss-reactive ketones (excluding diaryl/α,β-unsaturated/α-hetero) is 1. The minimum Gasteiger partial charge on any atom is -0.392 e. The van der Waals surface area contributed by atoms with E-state index in [-0.39, 0.29) is 34.5 Å². The molecule has 0 saturated carbocycles. The number of aliphatic hydroxyl groups is 2. The lowest BCUT2D eigenvalue weighted by Gasteiger charge is -2.36. The monoisotopic (exact) mass is 682 g/mol. The quantitative estimate of drug-likeness (QED) is 0.153. The zero-order valence-electron chi connectivity index (χ0n) is 32.1. The first kappa shape index (κ1) is 38.9. The molecule has 1 aromatic heterocycles. The Morgan fingerprint density at radius 3 is 1.74 bits per heavy atom. The molecule has 2 unspecified atom stereocenters. The highest BCUT2D eigenvalue weighted by Crippen LogP contribution is 2.40. The number of imidazole rings is 1. The number of aliphatic imine (C=N–C) groups is 1. The first-order valence-electron chi connectivity index (χ1n) is 17.8. The van der Waals surface area contributed by atoms with Crippen LogP contribution in [-0.4, -0.2) is 55.8 Å². The van der Waals surface area contributed by atoms with Gasteiger partial charge in [-0.25, -0.2) is 4.98 Å². The summed E-state index contributed by atoms with van der Waals surface area (Å²) in [7, 11) is 0. The van der Waals surface area contributed by atoms with Crippen LogP contribution in [0.5, 0.6) is 0 Å². The molecule has 4 atom stereocenters. The summed E-state index contributed by atoms with van der Waals surface area (Å²) in [5, 5.41) is 23.5. The molecule has 50 heavy (non-hydrogen) atoms. The van der Waals surface area contributed by atoms with Crippen molar-refractivity contribution >= 4 is 23.0 Å². The van der Waals surface area contributed by atoms with Crippen LogP contribution in [0.2, 0.25) is 0 Å². The van der Waals surface area contributed by atoms with E-state index >= 15 is 0 Å². The van der Waals surface area contributed by atoms with Crippen molar-refractivity contribution in [2.24, 2.45) is 26.7 Å². The van der Waals surface area contributed by atoms with Crippen molar-refractivity contribution in [1.29, 1.82) is 0 Å². The maximum Gasteiger partial charge on any atom is 0.228 e. The van der Waals surface area contributed by atoms with E-state index in [1.807, 2.05) is 12.4 Å². The highest BCUT2D eigenvalue weighted by atomic mass is 16.3. The number of ketones is 1. The van der Waals surface area contributed by atoms with Crippen LogP contribution in [0.15, 0.2) is 65.9 Å². The molecule has 270 valence electrons. The van der Waals surface area contributed by atoms with Crippen molar-refractivity contribution in [3.63, 3.8) is 0 Å². The van der Waals surface area contributed by atoms with Gasteiger partial charge in [0.15, 0.2) is 0 Å². The largest absolute Gasteiger partial charge is 0.392 e. The minimum absolute atomic E-state index is 0.0218. The number of carbonyl (C=O) groups is 2. The number of allylic oxidation sites excluding steroid dienone is 1. The highest BCUT2D eigenvalue weighted by molar-refractivity contribution is 6.04. The van der Waals surface area contributed by atoms with Gasteiger partial charge in [0.25, 0.3) is 0 Å². The third kappa shape index (κ3) is 8.52. The van der Waals surface area contributed by atoms with Gasteiger partial charge in [-0.05, 0) is 66.4 Å². The zero-order valence-corrected chi connectivity index (χ0v) is 32.1. The number of hydrogen-bond donors (Lipinski definition) is 4. The standard InChI is InChI=1S/C42H58N4O4/c1-25(47)41(9,10)35(49)22-32(39(3,4)5)37-44-24-34(45-37)30-19-17-28(18-20-30)27-13-15-29(16-14-27)31-21-33(43-23-31)36(40(6,7)8)46-38(50)42(11,12)26(2)48/h13-20,23-26,32,36,47-48H,21-22H2,1-12H3,(H,44,45)(H,46,50)/t25?,26?,32-,36-/m1/s1. The van der Waals surface area contributed by atoms with E-state index in [9.17, 15) is 19.8 Å². The Balaban J connectivity index is 1.45. The van der Waals surface area contributed by atoms with Gasteiger partial charge in [0, 0.05) is 36.1 Å². The smallest absolute Gasteiger partial charge is 0.228 e. The first-order chi connectivity index (χ1) is 23.0. The molecule has 0 aliphatic carbocycles. The van der Waals surface area contributed by atoms with Gasteiger partial charge in [-0.2, -0.15) is 0 Å². The minimum atomic E-state index is -0.914. The summed E-state index contributed by atoms with van der Waals surface area (Å²) in [5.41, 5.74) is 4.96. The Bertz CT molecular complexity index is 1730. The summed E-state index contributed by atoms with van der Waals surface area (Å²) in [5.74, 6) is 0.477. The van der Waals surface area contributed by atoms with E-state index < -0.39 is 23.0 Å². The van der Waals surface area contributed by atoms with Crippen LogP contribution in [0.4, 0.5) is 0 Å². The number of aromatic nitrogens is 2. The lowest BCUT2D eigenvalue weighted by Crippen LogP contribution is -2.54. The number of carbonyl (C=O) groups excluding carboxylic acids is 2. The van der Waals surface area contributed by atoms with E-state index in [1.54, 1.807) is 41.5 Å². The fourth-order valence-electron chi connectivity index (χ4n) is 5.98. The van der Waals surface area contributed by atoms with Crippen molar-refractivity contribution in [1.82, 2.24) is 15.3 Å². The van der Waals surface area contributed by atoms with E-state index in [4.69, 9.17) is 9.98 Å². The van der Waals surface area contributed by atoms with Crippen LogP contribution in [-0.2, 0) is 9.59 Å². The first-order valence-corrected chi connectivity index (χ1v) is 17.8. The maximum atomic E-state index is 13.2. The van der Waals surface area contributed by atoms with Crippen molar-refractivity contribution in [3.8, 4) is 22.4 Å². The number of hydrogen-bond acceptors (Lipinski definition) is 6. The SMILES string of the molecule is CC(O)C(C)(C)C(=O)C[C@H](c1ncc(-c2ccc(-c3ccc(C4=CN=C([C@@H](NC(=O)C(C)(C)C(C)O)C(C)(C)C)C4)cc3)cc2)[nH]1)C(C)(C)C. The topological polar surface area (TPSA) is 128 Å². The normalized spacial score (nSPS) is 16.7. The molecule has 1 aliphatic rings. The predicted molar refractivity (Wildman–Crippen MR) is 204 cm³/mol. The second kappa shape index (κ2) is 14.4. The van der Waals surface area contributed by atoms with Gasteiger partial charge in [0.1, 0.15) is 11.6 Å². The lowest BCUT2D eigenvalue weighted by atomic mass is 9.72. The summed E-state index contributed by atoms with van der Waals surface area (Å²) in [6.07, 6.45) is 3.15. The Morgan fingerprint density at radius 2 is 1.26 bits per heavy atom. The van der Waals surface area contributed by atoms with E-state index in [0.29, 0.717) is 12.8 Å². The van der Waals surface area contributed by atoms with E-state index in [0.717, 1.165) is 45.1 Å². The molecular weight excluding hydrogens is 624 g/mol. The molecule has 3 aromatic rings. The Kier molecular flexibility index (Phi) is 11.2. The number of H-pyrrole nitrogens is 1. The predicted octanol–water partition coefficient (Wildman–Crippen LogP) is 8.36. The number of amides is 1. The van der Waals surface area contributed by atoms with Crippen LogP contribution >= 0.6 is 0 Å². The molecule has 8 nitrogen and oxygen atoms in total. The molecule has 8 heteroatoms. The summed E-state index contributed by atoms with van der Waals surface area (Å²) >= 11 is 0. The summed E-state index contributed by atoms with van der Waals surface area (Å²) in [4.78, 5) is 39.3. The summed E-state index contributed by atoms with van der Waals surface area (Å²) < 4.78 is 0. The molecule has 2 aromatic carbocycles. The van der Waals surface area contributed by atoms with Gasteiger partial charge in [-0.15, -0.1) is 0 Å². The van der Waals surface area contributed by atoms with Crippen LogP contribution in [0, 0.1) is 21.7 Å². The van der Waals surface area contributed by atoms with Crippen LogP contribution in [0.25, 0.3) is 28.0 Å². The number of benzene rings is 2. The maximum absolute atomic E-state index is 13.2. The van der Waals surface area contributed by atoms with Crippen molar-refractivity contribution in [3.05, 3.63) is 72.3 Å². The molecule has 4 N–H and O–H groups in total. The lowest BCUT2D eigenvalue weighted by molar-refractivity contribution is -0.135. The third-order valence-electron chi connectivity index (χ3n) is 10.8. The average Bonchev–Trinajstić information content (AvgIpc) is 3.72. The number of nitrogens with one attached hydrogen (secondary N) is 2. The molecule has 0 radical (unpaired) electrons. The molecule has 1 amide bonds. The van der Waals surface area contributed by atoms with Crippen molar-refractivity contribution < 1.29 is 19.8 Å². The van der Waals surface area contributed by atoms with Gasteiger partial charge >= 0.3 is 0 Å². The fourth-order valence-corrected chi connectivity index (χ4v) is 5.98. The number of aliphatic hydroxyl groups excluding tert-OH is 2. The molecule has 0 saturated heterocycles. The second-order valence-corrected chi connectivity index (χ2v) is 17.4. The van der Waals surface area contributed by atoms with Crippen molar-refractivity contribution in [2.45, 2.75) is 120 Å². The summed E-state index contributed by atoms with van der Waals surface area (Å²) in [6.45, 7) is 23.0. The molecule has 0 spiro atoms. The van der Waals surface area contributed by atoms with Crippen LogP contribution < -0.4 is 5.32 Å². The van der Waals surface area contributed by atoms with Gasteiger partial charge in [0.2, 0.25) is 5.91 Å². The molecule has 2 heterocycles. The zero-order chi connectivity index (χ0) is 37.4. The van der Waals surface area contributed by atoms with Crippen molar-refractivity contribution in [2.75, 3.05) is 0 Å². The molecule has 0 fully saturated rings. The van der Waals surface area contributed by atoms with E-state index in [2.05, 4.69) is 100 Å². The number of nitrogens with zero attached hydrogens (tertiary/aromatic N) is 2. The number of aromatic amines is 1. The third-order valence-corrected chi connectivity index (χ3v) is 10.8. The van der Waals surface area contributed by atoms with Gasteiger partial charge in [0.05, 0.1) is 35.6 Å². The molecule has 0 bridgehead atoms.